The van der Waals surface area contributed by atoms with Gasteiger partial charge in [-0.3, -0.25) is 4.79 Å². The molecule has 6 nitrogen and oxygen atoms in total. The Hall–Kier alpha value is -2.28. The molecular weight excluding hydrogens is 290 g/mol. The molecule has 21 heavy (non-hydrogen) atoms. The lowest BCUT2D eigenvalue weighted by Gasteiger charge is -2.08. The molecule has 1 N–H and O–H groups in total. The summed E-state index contributed by atoms with van der Waals surface area (Å²) in [5, 5.41) is 2.55. The fourth-order valence-corrected chi connectivity index (χ4v) is 2.72. The third-order valence-electron chi connectivity index (χ3n) is 2.85. The van der Waals surface area contributed by atoms with Crippen molar-refractivity contribution in [3.05, 3.63) is 47.9 Å². The van der Waals surface area contributed by atoms with E-state index >= 15 is 0 Å². The SMILES string of the molecule is CCS(=O)(=O)c1cccnc1C(=O)Nc1ccc(C)cn1. The van der Waals surface area contributed by atoms with Crippen LogP contribution in [0.1, 0.15) is 23.0 Å². The van der Waals surface area contributed by atoms with E-state index in [0.717, 1.165) is 5.56 Å². The largest absolute Gasteiger partial charge is 0.305 e. The third-order valence-corrected chi connectivity index (χ3v) is 4.61. The Morgan fingerprint density at radius 1 is 1.24 bits per heavy atom. The first-order valence-electron chi connectivity index (χ1n) is 6.36. The monoisotopic (exact) mass is 305 g/mol. The molecule has 0 bridgehead atoms. The number of pyridine rings is 2. The molecule has 0 aromatic carbocycles. The Bertz CT molecular complexity index is 755. The average Bonchev–Trinajstić information content (AvgIpc) is 2.49. The van der Waals surface area contributed by atoms with Crippen molar-refractivity contribution in [3.8, 4) is 0 Å². The molecule has 0 atom stereocenters. The number of rotatable bonds is 4. The molecule has 2 aromatic rings. The van der Waals surface area contributed by atoms with Crippen LogP contribution < -0.4 is 5.32 Å². The minimum atomic E-state index is -3.52. The Labute approximate surface area is 123 Å². The fourth-order valence-electron chi connectivity index (χ4n) is 1.68. The maximum atomic E-state index is 12.2. The van der Waals surface area contributed by atoms with Crippen molar-refractivity contribution >= 4 is 21.6 Å². The zero-order valence-electron chi connectivity index (χ0n) is 11.7. The van der Waals surface area contributed by atoms with Crippen LogP contribution in [0.3, 0.4) is 0 Å². The molecule has 0 aliphatic carbocycles. The number of carbonyl (C=O) groups is 1. The lowest BCUT2D eigenvalue weighted by Crippen LogP contribution is -2.19. The maximum Gasteiger partial charge on any atom is 0.276 e. The Kier molecular flexibility index (Phi) is 4.32. The van der Waals surface area contributed by atoms with Gasteiger partial charge in [0, 0.05) is 12.4 Å². The molecule has 0 saturated carbocycles. The highest BCUT2D eigenvalue weighted by Crippen LogP contribution is 2.16. The molecule has 0 radical (unpaired) electrons. The molecule has 1 amide bonds. The molecule has 110 valence electrons. The minimum Gasteiger partial charge on any atom is -0.305 e. The van der Waals surface area contributed by atoms with Crippen LogP contribution in [0, 0.1) is 6.92 Å². The summed E-state index contributed by atoms with van der Waals surface area (Å²) in [6, 6.07) is 6.31. The molecule has 2 heterocycles. The molecule has 0 aliphatic rings. The molecule has 2 aromatic heterocycles. The molecule has 2 rings (SSSR count). The highest BCUT2D eigenvalue weighted by atomic mass is 32.2. The van der Waals surface area contributed by atoms with Gasteiger partial charge in [0.1, 0.15) is 11.5 Å². The van der Waals surface area contributed by atoms with Gasteiger partial charge in [-0.15, -0.1) is 0 Å². The van der Waals surface area contributed by atoms with E-state index < -0.39 is 15.7 Å². The number of anilines is 1. The van der Waals surface area contributed by atoms with Crippen LogP contribution in [0.2, 0.25) is 0 Å². The predicted octanol–water partition coefficient (Wildman–Crippen LogP) is 1.83. The van der Waals surface area contributed by atoms with Crippen molar-refractivity contribution in [2.45, 2.75) is 18.7 Å². The quantitative estimate of drug-likeness (QED) is 0.931. The first kappa shape index (κ1) is 15.1. The predicted molar refractivity (Wildman–Crippen MR) is 78.9 cm³/mol. The molecule has 7 heteroatoms. The topological polar surface area (TPSA) is 89.0 Å². The number of hydrogen-bond acceptors (Lipinski definition) is 5. The highest BCUT2D eigenvalue weighted by Gasteiger charge is 2.22. The summed E-state index contributed by atoms with van der Waals surface area (Å²) in [4.78, 5) is 20.1. The van der Waals surface area contributed by atoms with Crippen molar-refractivity contribution in [1.82, 2.24) is 9.97 Å². The van der Waals surface area contributed by atoms with E-state index in [1.807, 2.05) is 6.92 Å². The molecule has 0 spiro atoms. The number of nitrogens with one attached hydrogen (secondary N) is 1. The van der Waals surface area contributed by atoms with Gasteiger partial charge in [0.25, 0.3) is 5.91 Å². The van der Waals surface area contributed by atoms with Gasteiger partial charge in [0.05, 0.1) is 10.6 Å². The van der Waals surface area contributed by atoms with Gasteiger partial charge in [-0.1, -0.05) is 13.0 Å². The second-order valence-corrected chi connectivity index (χ2v) is 6.68. The van der Waals surface area contributed by atoms with Gasteiger partial charge < -0.3 is 5.32 Å². The van der Waals surface area contributed by atoms with Gasteiger partial charge >= 0.3 is 0 Å². The van der Waals surface area contributed by atoms with Gasteiger partial charge in [-0.05, 0) is 30.7 Å². The summed E-state index contributed by atoms with van der Waals surface area (Å²) in [6.07, 6.45) is 2.99. The van der Waals surface area contributed by atoms with E-state index in [2.05, 4.69) is 15.3 Å². The molecule has 0 unspecified atom stereocenters. The number of nitrogens with zero attached hydrogens (tertiary/aromatic N) is 2. The van der Waals surface area contributed by atoms with Crippen LogP contribution in [0.5, 0.6) is 0 Å². The normalized spacial score (nSPS) is 11.1. The standard InChI is InChI=1S/C14H15N3O3S/c1-3-21(19,20)11-5-4-8-15-13(11)14(18)17-12-7-6-10(2)9-16-12/h4-9H,3H2,1-2H3,(H,16,17,18). The average molecular weight is 305 g/mol. The number of amides is 1. The summed E-state index contributed by atoms with van der Waals surface area (Å²) in [6.45, 7) is 3.40. The van der Waals surface area contributed by atoms with E-state index in [1.165, 1.54) is 25.3 Å². The van der Waals surface area contributed by atoms with Crippen LogP contribution in [0.25, 0.3) is 0 Å². The first-order valence-corrected chi connectivity index (χ1v) is 8.01. The van der Waals surface area contributed by atoms with Gasteiger partial charge in [-0.25, -0.2) is 18.4 Å². The summed E-state index contributed by atoms with van der Waals surface area (Å²) in [7, 11) is -3.52. The number of carbonyl (C=O) groups excluding carboxylic acids is 1. The summed E-state index contributed by atoms with van der Waals surface area (Å²) >= 11 is 0. The van der Waals surface area contributed by atoms with Crippen LogP contribution in [-0.4, -0.2) is 30.0 Å². The van der Waals surface area contributed by atoms with Crippen LogP contribution >= 0.6 is 0 Å². The van der Waals surface area contributed by atoms with E-state index in [9.17, 15) is 13.2 Å². The molecule has 0 aliphatic heterocycles. The van der Waals surface area contributed by atoms with Gasteiger partial charge in [0.2, 0.25) is 0 Å². The fraction of sp³-hybridized carbons (Fsp3) is 0.214. The molecule has 0 fully saturated rings. The summed E-state index contributed by atoms with van der Waals surface area (Å²) in [5.74, 6) is -0.350. The van der Waals surface area contributed by atoms with E-state index in [-0.39, 0.29) is 16.3 Å². The summed E-state index contributed by atoms with van der Waals surface area (Å²) in [5.41, 5.74) is 0.835. The van der Waals surface area contributed by atoms with E-state index in [0.29, 0.717) is 5.82 Å². The van der Waals surface area contributed by atoms with Crippen molar-refractivity contribution in [2.75, 3.05) is 11.1 Å². The third kappa shape index (κ3) is 3.43. The van der Waals surface area contributed by atoms with Gasteiger partial charge in [-0.2, -0.15) is 0 Å². The molecular formula is C14H15N3O3S. The number of aromatic nitrogens is 2. The lowest BCUT2D eigenvalue weighted by atomic mass is 10.3. The Morgan fingerprint density at radius 3 is 2.62 bits per heavy atom. The van der Waals surface area contributed by atoms with Crippen LogP contribution in [-0.2, 0) is 9.84 Å². The first-order chi connectivity index (χ1) is 9.94. The second-order valence-electron chi connectivity index (χ2n) is 4.43. The number of sulfone groups is 1. The summed E-state index contributed by atoms with van der Waals surface area (Å²) < 4.78 is 24.0. The van der Waals surface area contributed by atoms with E-state index in [4.69, 9.17) is 0 Å². The van der Waals surface area contributed by atoms with E-state index in [1.54, 1.807) is 18.3 Å². The van der Waals surface area contributed by atoms with Gasteiger partial charge in [0.15, 0.2) is 9.84 Å². The highest BCUT2D eigenvalue weighted by molar-refractivity contribution is 7.91. The number of aryl methyl sites for hydroxylation is 1. The van der Waals surface area contributed by atoms with Crippen molar-refractivity contribution in [1.29, 1.82) is 0 Å². The number of hydrogen-bond donors (Lipinski definition) is 1. The minimum absolute atomic E-state index is 0.0721. The van der Waals surface area contributed by atoms with Crippen molar-refractivity contribution < 1.29 is 13.2 Å². The van der Waals surface area contributed by atoms with Crippen molar-refractivity contribution in [3.63, 3.8) is 0 Å². The zero-order valence-corrected chi connectivity index (χ0v) is 12.5. The molecule has 0 saturated heterocycles. The zero-order chi connectivity index (χ0) is 15.5. The lowest BCUT2D eigenvalue weighted by molar-refractivity contribution is 0.101. The van der Waals surface area contributed by atoms with Crippen molar-refractivity contribution in [2.24, 2.45) is 0 Å². The maximum absolute atomic E-state index is 12.2. The van der Waals surface area contributed by atoms with Crippen LogP contribution in [0.15, 0.2) is 41.6 Å². The Morgan fingerprint density at radius 2 is 2.00 bits per heavy atom. The second kappa shape index (κ2) is 6.01. The van der Waals surface area contributed by atoms with Crippen LogP contribution in [0.4, 0.5) is 5.82 Å². The Balaban J connectivity index is 2.34. The smallest absolute Gasteiger partial charge is 0.276 e.